The first kappa shape index (κ1) is 19.2. The van der Waals surface area contributed by atoms with E-state index in [9.17, 15) is 18.0 Å². The largest absolute Gasteiger partial charge is 0.418 e. The molecule has 142 valence electrons. The van der Waals surface area contributed by atoms with E-state index in [0.717, 1.165) is 6.07 Å². The highest BCUT2D eigenvalue weighted by Crippen LogP contribution is 2.37. The van der Waals surface area contributed by atoms with Crippen LogP contribution < -0.4 is 5.32 Å². The van der Waals surface area contributed by atoms with Crippen LogP contribution in [0.3, 0.4) is 0 Å². The monoisotopic (exact) mass is 395 g/mol. The molecule has 0 aliphatic carbocycles. The first-order chi connectivity index (χ1) is 12.4. The maximum absolute atomic E-state index is 13.4. The van der Waals surface area contributed by atoms with E-state index >= 15 is 0 Å². The predicted octanol–water partition coefficient (Wildman–Crippen LogP) is 5.66. The summed E-state index contributed by atoms with van der Waals surface area (Å²) in [4.78, 5) is 16.6. The fourth-order valence-electron chi connectivity index (χ4n) is 2.47. The molecular weight excluding hydrogens is 379 g/mol. The van der Waals surface area contributed by atoms with Crippen molar-refractivity contribution >= 4 is 28.8 Å². The van der Waals surface area contributed by atoms with Crippen molar-refractivity contribution in [2.24, 2.45) is 5.41 Å². The Morgan fingerprint density at radius 3 is 2.44 bits per heavy atom. The van der Waals surface area contributed by atoms with E-state index in [1.54, 1.807) is 49.7 Å². The Balaban J connectivity index is 2.08. The molecule has 2 heterocycles. The number of nitrogens with zero attached hydrogens (tertiary/aromatic N) is 2. The summed E-state index contributed by atoms with van der Waals surface area (Å²) in [7, 11) is 0. The molecule has 2 aromatic heterocycles. The zero-order valence-electron chi connectivity index (χ0n) is 14.9. The molecule has 8 heteroatoms. The van der Waals surface area contributed by atoms with Crippen molar-refractivity contribution in [2.45, 2.75) is 26.9 Å². The number of benzene rings is 1. The molecule has 1 amide bonds. The zero-order chi connectivity index (χ0) is 20.0. The quantitative estimate of drug-likeness (QED) is 0.608. The Morgan fingerprint density at radius 1 is 1.11 bits per heavy atom. The Bertz CT molecular complexity index is 1020. The Labute approximate surface area is 159 Å². The number of nitrogens with one attached hydrogen (secondary N) is 1. The van der Waals surface area contributed by atoms with Crippen LogP contribution in [-0.4, -0.2) is 15.3 Å². The highest BCUT2D eigenvalue weighted by Gasteiger charge is 2.35. The van der Waals surface area contributed by atoms with Crippen molar-refractivity contribution in [3.63, 3.8) is 0 Å². The summed E-state index contributed by atoms with van der Waals surface area (Å²) < 4.78 is 41.8. The van der Waals surface area contributed by atoms with Crippen molar-refractivity contribution in [1.82, 2.24) is 9.38 Å². The van der Waals surface area contributed by atoms with Gasteiger partial charge in [0.25, 0.3) is 0 Å². The number of aromatic nitrogens is 2. The van der Waals surface area contributed by atoms with Gasteiger partial charge in [-0.25, -0.2) is 4.98 Å². The third kappa shape index (κ3) is 4.08. The van der Waals surface area contributed by atoms with Crippen molar-refractivity contribution in [3.05, 3.63) is 53.3 Å². The maximum Gasteiger partial charge on any atom is 0.418 e. The second-order valence-electron chi connectivity index (χ2n) is 7.20. The molecule has 0 bridgehead atoms. The first-order valence-electron chi connectivity index (χ1n) is 8.12. The highest BCUT2D eigenvalue weighted by molar-refractivity contribution is 6.30. The summed E-state index contributed by atoms with van der Waals surface area (Å²) in [5, 5.41) is 2.91. The summed E-state index contributed by atoms with van der Waals surface area (Å²) in [5.41, 5.74) is -0.511. The van der Waals surface area contributed by atoms with E-state index in [0.29, 0.717) is 21.9 Å². The van der Waals surface area contributed by atoms with E-state index in [1.165, 1.54) is 12.1 Å². The molecule has 0 unspecified atom stereocenters. The summed E-state index contributed by atoms with van der Waals surface area (Å²) in [6, 6.07) is 6.95. The number of alkyl halides is 3. The third-order valence-corrected chi connectivity index (χ3v) is 4.19. The number of anilines is 1. The van der Waals surface area contributed by atoms with Crippen LogP contribution in [0.4, 0.5) is 18.9 Å². The van der Waals surface area contributed by atoms with E-state index in [1.807, 2.05) is 0 Å². The van der Waals surface area contributed by atoms with E-state index in [4.69, 9.17) is 11.6 Å². The standard InChI is InChI=1S/C19H17ClF3N3O/c1-18(2,3)17(27)25-14-8-11(4-6-13(14)19(21,22)23)15-10-26-9-12(20)5-7-16(26)24-15/h4-10H,1-3H3,(H,25,27). The second kappa shape index (κ2) is 6.56. The van der Waals surface area contributed by atoms with Crippen LogP contribution in [0.15, 0.2) is 42.7 Å². The van der Waals surface area contributed by atoms with Crippen LogP contribution >= 0.6 is 11.6 Å². The predicted molar refractivity (Wildman–Crippen MR) is 98.7 cm³/mol. The molecule has 4 nitrogen and oxygen atoms in total. The average molecular weight is 396 g/mol. The highest BCUT2D eigenvalue weighted by atomic mass is 35.5. The lowest BCUT2D eigenvalue weighted by atomic mass is 9.95. The topological polar surface area (TPSA) is 46.4 Å². The fourth-order valence-corrected chi connectivity index (χ4v) is 2.64. The molecule has 1 N–H and O–H groups in total. The second-order valence-corrected chi connectivity index (χ2v) is 7.64. The summed E-state index contributed by atoms with van der Waals surface area (Å²) in [6.45, 7) is 4.89. The van der Waals surface area contributed by atoms with Gasteiger partial charge in [-0.15, -0.1) is 0 Å². The molecule has 1 aromatic carbocycles. The van der Waals surface area contributed by atoms with Gasteiger partial charge >= 0.3 is 6.18 Å². The molecular formula is C19H17ClF3N3O. The molecule has 0 saturated carbocycles. The number of rotatable bonds is 2. The zero-order valence-corrected chi connectivity index (χ0v) is 15.6. The lowest BCUT2D eigenvalue weighted by molar-refractivity contribution is -0.137. The molecule has 0 aliphatic rings. The molecule has 0 atom stereocenters. The van der Waals surface area contributed by atoms with Gasteiger partial charge in [0, 0.05) is 23.4 Å². The number of carbonyl (C=O) groups is 1. The molecule has 3 aromatic rings. The van der Waals surface area contributed by atoms with Gasteiger partial charge in [0.1, 0.15) is 5.65 Å². The van der Waals surface area contributed by atoms with Crippen LogP contribution in [0.2, 0.25) is 5.02 Å². The molecule has 0 saturated heterocycles. The summed E-state index contributed by atoms with van der Waals surface area (Å²) in [6.07, 6.45) is -1.27. The first-order valence-corrected chi connectivity index (χ1v) is 8.50. The number of pyridine rings is 1. The molecule has 27 heavy (non-hydrogen) atoms. The van der Waals surface area contributed by atoms with Crippen LogP contribution in [0.25, 0.3) is 16.9 Å². The lowest BCUT2D eigenvalue weighted by Gasteiger charge is -2.20. The minimum Gasteiger partial charge on any atom is -0.325 e. The molecule has 0 aliphatic heterocycles. The van der Waals surface area contributed by atoms with Crippen molar-refractivity contribution in [2.75, 3.05) is 5.32 Å². The van der Waals surface area contributed by atoms with Gasteiger partial charge in [0.05, 0.1) is 22.0 Å². The molecule has 0 fully saturated rings. The van der Waals surface area contributed by atoms with Crippen LogP contribution in [-0.2, 0) is 11.0 Å². The average Bonchev–Trinajstić information content (AvgIpc) is 2.95. The minimum atomic E-state index is -4.59. The van der Waals surface area contributed by atoms with Gasteiger partial charge in [-0.1, -0.05) is 38.4 Å². The van der Waals surface area contributed by atoms with Gasteiger partial charge in [-0.3, -0.25) is 4.79 Å². The smallest absolute Gasteiger partial charge is 0.325 e. The van der Waals surface area contributed by atoms with E-state index in [-0.39, 0.29) is 5.69 Å². The number of hydrogen-bond donors (Lipinski definition) is 1. The van der Waals surface area contributed by atoms with Crippen LogP contribution in [0, 0.1) is 5.41 Å². The normalized spacial score (nSPS) is 12.4. The van der Waals surface area contributed by atoms with Crippen LogP contribution in [0.5, 0.6) is 0 Å². The summed E-state index contributed by atoms with van der Waals surface area (Å²) in [5.74, 6) is -0.507. The number of halogens is 4. The lowest BCUT2D eigenvalue weighted by Crippen LogP contribution is -2.28. The van der Waals surface area contributed by atoms with Gasteiger partial charge in [0.2, 0.25) is 5.91 Å². The molecule has 3 rings (SSSR count). The minimum absolute atomic E-state index is 0.296. The number of amides is 1. The van der Waals surface area contributed by atoms with E-state index in [2.05, 4.69) is 10.3 Å². The Hall–Kier alpha value is -2.54. The van der Waals surface area contributed by atoms with Gasteiger partial charge < -0.3 is 9.72 Å². The van der Waals surface area contributed by atoms with Crippen molar-refractivity contribution in [1.29, 1.82) is 0 Å². The number of fused-ring (bicyclic) bond motifs is 1. The Kier molecular flexibility index (Phi) is 4.67. The molecule has 0 radical (unpaired) electrons. The number of hydrogen-bond acceptors (Lipinski definition) is 2. The number of carbonyl (C=O) groups excluding carboxylic acids is 1. The van der Waals surface area contributed by atoms with E-state index < -0.39 is 23.1 Å². The molecule has 0 spiro atoms. The number of imidazole rings is 1. The van der Waals surface area contributed by atoms with Gasteiger partial charge in [-0.05, 0) is 24.3 Å². The van der Waals surface area contributed by atoms with Crippen molar-refractivity contribution in [3.8, 4) is 11.3 Å². The maximum atomic E-state index is 13.4. The third-order valence-electron chi connectivity index (χ3n) is 3.97. The van der Waals surface area contributed by atoms with Crippen LogP contribution in [0.1, 0.15) is 26.3 Å². The van der Waals surface area contributed by atoms with Crippen molar-refractivity contribution < 1.29 is 18.0 Å². The SMILES string of the molecule is CC(C)(C)C(=O)Nc1cc(-c2cn3cc(Cl)ccc3n2)ccc1C(F)(F)F. The Morgan fingerprint density at radius 2 is 1.81 bits per heavy atom. The van der Waals surface area contributed by atoms with Gasteiger partial charge in [-0.2, -0.15) is 13.2 Å². The summed E-state index contributed by atoms with van der Waals surface area (Å²) >= 11 is 5.95. The van der Waals surface area contributed by atoms with Gasteiger partial charge in [0.15, 0.2) is 0 Å². The fraction of sp³-hybridized carbons (Fsp3) is 0.263.